The van der Waals surface area contributed by atoms with E-state index in [0.717, 1.165) is 15.6 Å². The molecule has 1 aromatic carbocycles. The molecule has 9 heteroatoms. The van der Waals surface area contributed by atoms with Gasteiger partial charge in [0.1, 0.15) is 14.9 Å². The summed E-state index contributed by atoms with van der Waals surface area (Å²) in [5.74, 6) is 0.441. The number of rotatable bonds is 3. The first-order valence-electron chi connectivity index (χ1n) is 6.94. The molecule has 24 heavy (non-hydrogen) atoms. The van der Waals surface area contributed by atoms with Gasteiger partial charge in [-0.2, -0.15) is 0 Å². The standard InChI is InChI=1S/C15H14ClN3O3S2/c1-9-17-14-10(8-13(23-14)24(21,22)18(2)3)15(20)19(9)12-7-5-4-6-11(12)16/h4-8H,1-3H3. The Kier molecular flexibility index (Phi) is 4.25. The first kappa shape index (κ1) is 17.1. The van der Waals surface area contributed by atoms with Gasteiger partial charge in [-0.1, -0.05) is 23.7 Å². The van der Waals surface area contributed by atoms with Crippen molar-refractivity contribution >= 4 is 43.2 Å². The third kappa shape index (κ3) is 2.65. The van der Waals surface area contributed by atoms with E-state index in [0.29, 0.717) is 21.4 Å². The summed E-state index contributed by atoms with van der Waals surface area (Å²) in [7, 11) is -0.727. The predicted octanol–water partition coefficient (Wildman–Crippen LogP) is 2.66. The maximum absolute atomic E-state index is 12.9. The van der Waals surface area contributed by atoms with E-state index in [9.17, 15) is 13.2 Å². The largest absolute Gasteiger partial charge is 0.268 e. The fraction of sp³-hybridized carbons (Fsp3) is 0.200. The zero-order valence-corrected chi connectivity index (χ0v) is 15.5. The number of fused-ring (bicyclic) bond motifs is 1. The molecule has 0 atom stereocenters. The molecule has 0 saturated carbocycles. The Morgan fingerprint density at radius 1 is 1.25 bits per heavy atom. The van der Waals surface area contributed by atoms with Gasteiger partial charge < -0.3 is 0 Å². The summed E-state index contributed by atoms with van der Waals surface area (Å²) < 4.78 is 27.2. The van der Waals surface area contributed by atoms with Crippen LogP contribution in [0.2, 0.25) is 5.02 Å². The molecular formula is C15H14ClN3O3S2. The molecule has 0 aliphatic heterocycles. The minimum absolute atomic E-state index is 0.0865. The third-order valence-corrected chi connectivity index (χ3v) is 7.15. The van der Waals surface area contributed by atoms with Crippen molar-refractivity contribution in [2.45, 2.75) is 11.1 Å². The molecule has 0 bridgehead atoms. The monoisotopic (exact) mass is 383 g/mol. The third-order valence-electron chi connectivity index (χ3n) is 3.54. The fourth-order valence-corrected chi connectivity index (χ4v) is 5.04. The molecule has 3 rings (SSSR count). The summed E-state index contributed by atoms with van der Waals surface area (Å²) in [4.78, 5) is 17.7. The van der Waals surface area contributed by atoms with E-state index in [-0.39, 0.29) is 15.2 Å². The van der Waals surface area contributed by atoms with Crippen molar-refractivity contribution in [1.82, 2.24) is 13.9 Å². The van der Waals surface area contributed by atoms with Crippen LogP contribution in [0.25, 0.3) is 15.9 Å². The molecule has 0 aliphatic rings. The fourth-order valence-electron chi connectivity index (χ4n) is 2.28. The molecule has 0 aliphatic carbocycles. The lowest BCUT2D eigenvalue weighted by atomic mass is 10.3. The number of aromatic nitrogens is 2. The van der Waals surface area contributed by atoms with Gasteiger partial charge in [0.25, 0.3) is 15.6 Å². The second-order valence-corrected chi connectivity index (χ2v) is 9.14. The first-order chi connectivity index (χ1) is 11.2. The van der Waals surface area contributed by atoms with Crippen LogP contribution in [0.3, 0.4) is 0 Å². The highest BCUT2D eigenvalue weighted by Gasteiger charge is 2.23. The molecule has 0 radical (unpaired) electrons. The Morgan fingerprint density at radius 2 is 1.92 bits per heavy atom. The van der Waals surface area contributed by atoms with Gasteiger partial charge in [0.15, 0.2) is 0 Å². The van der Waals surface area contributed by atoms with Gasteiger partial charge in [0.05, 0.1) is 16.1 Å². The van der Waals surface area contributed by atoms with Crippen LogP contribution in [0.4, 0.5) is 0 Å². The summed E-state index contributed by atoms with van der Waals surface area (Å²) >= 11 is 7.17. The quantitative estimate of drug-likeness (QED) is 0.697. The lowest BCUT2D eigenvalue weighted by Gasteiger charge is -2.10. The van der Waals surface area contributed by atoms with Crippen LogP contribution < -0.4 is 5.56 Å². The van der Waals surface area contributed by atoms with Gasteiger partial charge in [-0.15, -0.1) is 11.3 Å². The van der Waals surface area contributed by atoms with Crippen LogP contribution in [-0.4, -0.2) is 36.4 Å². The molecule has 0 N–H and O–H groups in total. The van der Waals surface area contributed by atoms with Gasteiger partial charge in [-0.05, 0) is 25.1 Å². The minimum atomic E-state index is -3.62. The van der Waals surface area contributed by atoms with Gasteiger partial charge in [0.2, 0.25) is 0 Å². The van der Waals surface area contributed by atoms with Crippen LogP contribution in [0, 0.1) is 6.92 Å². The first-order valence-corrected chi connectivity index (χ1v) is 9.57. The Morgan fingerprint density at radius 3 is 2.54 bits per heavy atom. The lowest BCUT2D eigenvalue weighted by Crippen LogP contribution is -2.22. The van der Waals surface area contributed by atoms with E-state index in [1.54, 1.807) is 31.2 Å². The van der Waals surface area contributed by atoms with Gasteiger partial charge in [-0.3, -0.25) is 9.36 Å². The molecule has 2 aromatic heterocycles. The van der Waals surface area contributed by atoms with E-state index in [1.165, 1.54) is 24.7 Å². The van der Waals surface area contributed by atoms with Crippen molar-refractivity contribution in [2.24, 2.45) is 0 Å². The summed E-state index contributed by atoms with van der Waals surface area (Å²) in [6.45, 7) is 1.68. The number of thiophene rings is 1. The normalized spacial score (nSPS) is 12.2. The van der Waals surface area contributed by atoms with E-state index in [4.69, 9.17) is 11.6 Å². The Balaban J connectivity index is 2.33. The smallest absolute Gasteiger partial charge is 0.266 e. The number of hydrogen-bond acceptors (Lipinski definition) is 5. The van der Waals surface area contributed by atoms with Crippen molar-refractivity contribution in [3.05, 3.63) is 51.5 Å². The number of halogens is 1. The van der Waals surface area contributed by atoms with Crippen LogP contribution in [0.5, 0.6) is 0 Å². The van der Waals surface area contributed by atoms with Crippen molar-refractivity contribution in [3.8, 4) is 5.69 Å². The number of para-hydroxylation sites is 1. The van der Waals surface area contributed by atoms with Crippen LogP contribution >= 0.6 is 22.9 Å². The SMILES string of the molecule is Cc1nc2sc(S(=O)(=O)N(C)C)cc2c(=O)n1-c1ccccc1Cl. The van der Waals surface area contributed by atoms with Gasteiger partial charge >= 0.3 is 0 Å². The van der Waals surface area contributed by atoms with Gasteiger partial charge in [-0.25, -0.2) is 17.7 Å². The molecule has 0 fully saturated rings. The lowest BCUT2D eigenvalue weighted by molar-refractivity contribution is 0.523. The number of hydrogen-bond donors (Lipinski definition) is 0. The average molecular weight is 384 g/mol. The van der Waals surface area contributed by atoms with E-state index >= 15 is 0 Å². The summed E-state index contributed by atoms with van der Waals surface area (Å²) in [5.41, 5.74) is 0.168. The number of sulfonamides is 1. The van der Waals surface area contributed by atoms with E-state index in [1.807, 2.05) is 0 Å². The second-order valence-electron chi connectivity index (χ2n) is 5.32. The van der Waals surface area contributed by atoms with Crippen molar-refractivity contribution < 1.29 is 8.42 Å². The molecule has 0 amide bonds. The number of benzene rings is 1. The molecule has 0 saturated heterocycles. The van der Waals surface area contributed by atoms with E-state index < -0.39 is 10.0 Å². The second kappa shape index (κ2) is 5.96. The minimum Gasteiger partial charge on any atom is -0.268 e. The van der Waals surface area contributed by atoms with Crippen molar-refractivity contribution in [2.75, 3.05) is 14.1 Å². The Bertz CT molecular complexity index is 1100. The zero-order valence-electron chi connectivity index (χ0n) is 13.1. The van der Waals surface area contributed by atoms with Crippen LogP contribution in [0.15, 0.2) is 39.3 Å². The number of nitrogens with zero attached hydrogens (tertiary/aromatic N) is 3. The molecule has 6 nitrogen and oxygen atoms in total. The highest BCUT2D eigenvalue weighted by Crippen LogP contribution is 2.28. The summed E-state index contributed by atoms with van der Waals surface area (Å²) in [6.07, 6.45) is 0. The average Bonchev–Trinajstić information content (AvgIpc) is 2.93. The Labute approximate surface area is 148 Å². The van der Waals surface area contributed by atoms with Crippen LogP contribution in [0.1, 0.15) is 5.82 Å². The van der Waals surface area contributed by atoms with E-state index in [2.05, 4.69) is 4.98 Å². The summed E-state index contributed by atoms with van der Waals surface area (Å²) in [5, 5.41) is 0.672. The summed E-state index contributed by atoms with van der Waals surface area (Å²) in [6, 6.07) is 8.31. The van der Waals surface area contributed by atoms with Gasteiger partial charge in [0, 0.05) is 14.1 Å². The highest BCUT2D eigenvalue weighted by molar-refractivity contribution is 7.91. The molecule has 2 heterocycles. The van der Waals surface area contributed by atoms with Crippen molar-refractivity contribution in [1.29, 1.82) is 0 Å². The maximum atomic E-state index is 12.9. The maximum Gasteiger partial charge on any atom is 0.266 e. The molecule has 3 aromatic rings. The Hall–Kier alpha value is -1.74. The number of aryl methyl sites for hydroxylation is 1. The molecule has 126 valence electrons. The highest BCUT2D eigenvalue weighted by atomic mass is 35.5. The zero-order chi connectivity index (χ0) is 17.6. The molecule has 0 unspecified atom stereocenters. The molecular weight excluding hydrogens is 370 g/mol. The van der Waals surface area contributed by atoms with Crippen molar-refractivity contribution in [3.63, 3.8) is 0 Å². The predicted molar refractivity (Wildman–Crippen MR) is 95.8 cm³/mol. The molecule has 0 spiro atoms. The van der Waals surface area contributed by atoms with Crippen LogP contribution in [-0.2, 0) is 10.0 Å². The topological polar surface area (TPSA) is 72.3 Å².